The van der Waals surface area contributed by atoms with Crippen molar-refractivity contribution in [2.45, 2.75) is 0 Å². The number of nitrogens with zero attached hydrogens (tertiary/aromatic N) is 2. The summed E-state index contributed by atoms with van der Waals surface area (Å²) < 4.78 is 0. The predicted molar refractivity (Wildman–Crippen MR) is 84.5 cm³/mol. The van der Waals surface area contributed by atoms with E-state index >= 15 is 0 Å². The summed E-state index contributed by atoms with van der Waals surface area (Å²) in [5.74, 6) is 0.415. The van der Waals surface area contributed by atoms with E-state index in [0.29, 0.717) is 11.0 Å². The molecule has 23 heavy (non-hydrogen) atoms. The average Bonchev–Trinajstić information content (AvgIpc) is 2.57. The van der Waals surface area contributed by atoms with Crippen molar-refractivity contribution >= 4 is 21.8 Å². The van der Waals surface area contributed by atoms with Gasteiger partial charge in [0.15, 0.2) is 0 Å². The van der Waals surface area contributed by atoms with Gasteiger partial charge in [-0.3, -0.25) is 0 Å². The molecule has 2 aromatic heterocycles. The number of aromatic hydroxyl groups is 2. The Kier molecular flexibility index (Phi) is 5.61. The van der Waals surface area contributed by atoms with Crippen molar-refractivity contribution in [3.05, 3.63) is 73.1 Å². The van der Waals surface area contributed by atoms with Gasteiger partial charge in [0.05, 0.1) is 11.5 Å². The average molecular weight is 354 g/mol. The molecule has 0 amide bonds. The fourth-order valence-corrected chi connectivity index (χ4v) is 2.07. The summed E-state index contributed by atoms with van der Waals surface area (Å²) in [4.78, 5) is 7.81. The first-order valence-corrected chi connectivity index (χ1v) is 6.65. The zero-order chi connectivity index (χ0) is 15.4. The van der Waals surface area contributed by atoms with E-state index in [9.17, 15) is 10.2 Å². The van der Waals surface area contributed by atoms with Gasteiger partial charge in [-0.05, 0) is 23.2 Å². The van der Waals surface area contributed by atoms with Crippen LogP contribution in [0.2, 0.25) is 0 Å². The number of aromatic nitrogens is 2. The molecule has 0 aliphatic heterocycles. The molecular formula is C18H12N2O2Zn. The van der Waals surface area contributed by atoms with E-state index in [0.717, 1.165) is 10.8 Å². The molecule has 0 aliphatic rings. The Hall–Kier alpha value is -2.52. The van der Waals surface area contributed by atoms with E-state index < -0.39 is 0 Å². The molecule has 108 valence electrons. The fraction of sp³-hybridized carbons (Fsp3) is 0. The normalized spacial score (nSPS) is 9.74. The van der Waals surface area contributed by atoms with Crippen LogP contribution in [0.3, 0.4) is 0 Å². The fourth-order valence-electron chi connectivity index (χ4n) is 2.07. The van der Waals surface area contributed by atoms with Gasteiger partial charge < -0.3 is 20.2 Å². The van der Waals surface area contributed by atoms with Crippen molar-refractivity contribution < 1.29 is 29.7 Å². The van der Waals surface area contributed by atoms with Crippen LogP contribution in [-0.4, -0.2) is 20.2 Å². The number of para-hydroxylation sites is 2. The zero-order valence-electron chi connectivity index (χ0n) is 12.3. The maximum absolute atomic E-state index is 9.29. The molecule has 4 rings (SSSR count). The van der Waals surface area contributed by atoms with Crippen LogP contribution in [0, 0.1) is 12.4 Å². The Labute approximate surface area is 146 Å². The molecule has 0 atom stereocenters. The van der Waals surface area contributed by atoms with Gasteiger partial charge in [0.25, 0.3) is 0 Å². The van der Waals surface area contributed by atoms with Crippen molar-refractivity contribution in [3.63, 3.8) is 0 Å². The van der Waals surface area contributed by atoms with Gasteiger partial charge in [-0.1, -0.05) is 36.7 Å². The standard InChI is InChI=1S/2C9H6NO.Zn/c2*11-8-5-1-3-7-4-2-6-10-9(7)8;/h2*1-5,11H;/q2*-1;+2. The maximum atomic E-state index is 9.29. The SMILES string of the molecule is Oc1cccc2cc[c-]nc12.Oc1cccc2cc[c-]nc12.[Zn+2]. The van der Waals surface area contributed by atoms with Crippen LogP contribution in [0.5, 0.6) is 11.5 Å². The van der Waals surface area contributed by atoms with Crippen LogP contribution in [0.4, 0.5) is 0 Å². The number of benzene rings is 2. The number of hydrogen-bond donors (Lipinski definition) is 2. The van der Waals surface area contributed by atoms with Crippen LogP contribution in [0.1, 0.15) is 0 Å². The Morgan fingerprint density at radius 2 is 1.09 bits per heavy atom. The molecule has 0 saturated carbocycles. The summed E-state index contributed by atoms with van der Waals surface area (Å²) in [6, 6.07) is 17.8. The topological polar surface area (TPSA) is 66.2 Å². The molecule has 0 unspecified atom stereocenters. The number of phenolic OH excluding ortho intramolecular Hbond substituents is 2. The second kappa shape index (κ2) is 7.66. The molecule has 0 saturated heterocycles. The number of hydrogen-bond acceptors (Lipinski definition) is 4. The first-order chi connectivity index (χ1) is 10.8. The van der Waals surface area contributed by atoms with Gasteiger partial charge in [0, 0.05) is 0 Å². The van der Waals surface area contributed by atoms with Gasteiger partial charge in [0.1, 0.15) is 0 Å². The van der Waals surface area contributed by atoms with Crippen LogP contribution in [0.15, 0.2) is 60.7 Å². The van der Waals surface area contributed by atoms with Crippen molar-refractivity contribution in [2.24, 2.45) is 0 Å². The molecule has 0 spiro atoms. The van der Waals surface area contributed by atoms with Crippen LogP contribution in [-0.2, 0) is 19.5 Å². The quantitative estimate of drug-likeness (QED) is 0.375. The monoisotopic (exact) mass is 352 g/mol. The third-order valence-electron chi connectivity index (χ3n) is 3.12. The molecule has 0 aliphatic carbocycles. The third-order valence-corrected chi connectivity index (χ3v) is 3.12. The first kappa shape index (κ1) is 16.8. The number of pyridine rings is 2. The Bertz CT molecular complexity index is 841. The zero-order valence-corrected chi connectivity index (χ0v) is 15.2. The van der Waals surface area contributed by atoms with Gasteiger partial charge in [-0.15, -0.1) is 10.8 Å². The third kappa shape index (κ3) is 3.82. The predicted octanol–water partition coefficient (Wildman–Crippen LogP) is 3.48. The van der Waals surface area contributed by atoms with Crippen LogP contribution < -0.4 is 0 Å². The number of rotatable bonds is 0. The summed E-state index contributed by atoms with van der Waals surface area (Å²) in [6.45, 7) is 0. The van der Waals surface area contributed by atoms with Crippen molar-refractivity contribution in [1.29, 1.82) is 0 Å². The Morgan fingerprint density at radius 3 is 1.48 bits per heavy atom. The second-order valence-corrected chi connectivity index (χ2v) is 4.58. The van der Waals surface area contributed by atoms with Crippen LogP contribution in [0.25, 0.3) is 21.8 Å². The van der Waals surface area contributed by atoms with E-state index in [2.05, 4.69) is 22.4 Å². The van der Waals surface area contributed by atoms with Crippen molar-refractivity contribution in [2.75, 3.05) is 0 Å². The van der Waals surface area contributed by atoms with Crippen LogP contribution >= 0.6 is 0 Å². The molecule has 5 heteroatoms. The second-order valence-electron chi connectivity index (χ2n) is 4.58. The van der Waals surface area contributed by atoms with E-state index in [1.54, 1.807) is 36.4 Å². The minimum Gasteiger partial charge on any atom is -0.519 e. The molecule has 4 nitrogen and oxygen atoms in total. The molecule has 2 heterocycles. The van der Waals surface area contributed by atoms with E-state index in [1.165, 1.54) is 0 Å². The first-order valence-electron chi connectivity index (χ1n) is 6.65. The maximum Gasteiger partial charge on any atom is 2.00 e. The number of fused-ring (bicyclic) bond motifs is 2. The smallest absolute Gasteiger partial charge is 0.519 e. The van der Waals surface area contributed by atoms with Gasteiger partial charge in [-0.25, -0.2) is 0 Å². The van der Waals surface area contributed by atoms with E-state index in [4.69, 9.17) is 0 Å². The molecule has 0 fully saturated rings. The van der Waals surface area contributed by atoms with Crippen molar-refractivity contribution in [3.8, 4) is 11.5 Å². The van der Waals surface area contributed by atoms with Crippen molar-refractivity contribution in [1.82, 2.24) is 9.97 Å². The summed E-state index contributed by atoms with van der Waals surface area (Å²) in [7, 11) is 0. The Balaban J connectivity index is 0.000000160. The molecule has 4 aromatic rings. The minimum atomic E-state index is 0. The van der Waals surface area contributed by atoms with E-state index in [1.807, 2.05) is 24.3 Å². The summed E-state index contributed by atoms with van der Waals surface area (Å²) in [6.07, 6.45) is 5.33. The minimum absolute atomic E-state index is 0. The van der Waals surface area contributed by atoms with Gasteiger partial charge >= 0.3 is 19.5 Å². The molecule has 0 bridgehead atoms. The van der Waals surface area contributed by atoms with Gasteiger partial charge in [-0.2, -0.15) is 24.3 Å². The molecule has 0 radical (unpaired) electrons. The van der Waals surface area contributed by atoms with E-state index in [-0.39, 0.29) is 31.0 Å². The summed E-state index contributed by atoms with van der Waals surface area (Å²) in [5, 5.41) is 20.4. The number of phenols is 2. The molecule has 2 N–H and O–H groups in total. The largest absolute Gasteiger partial charge is 2.00 e. The molecule has 2 aromatic carbocycles. The summed E-state index contributed by atoms with van der Waals surface area (Å²) in [5.41, 5.74) is 1.21. The molecular weight excluding hydrogens is 342 g/mol. The van der Waals surface area contributed by atoms with Gasteiger partial charge in [0.2, 0.25) is 0 Å². The Morgan fingerprint density at radius 1 is 0.652 bits per heavy atom. The summed E-state index contributed by atoms with van der Waals surface area (Å²) >= 11 is 0.